The van der Waals surface area contributed by atoms with E-state index in [1.165, 1.54) is 0 Å². The van der Waals surface area contributed by atoms with Gasteiger partial charge in [0.1, 0.15) is 5.69 Å². The number of carbonyl (C=O) groups is 1. The highest BCUT2D eigenvalue weighted by Crippen LogP contribution is 2.19. The topological polar surface area (TPSA) is 59.2 Å². The Kier molecular flexibility index (Phi) is 4.02. The molecule has 6 heteroatoms. The molecule has 1 amide bonds. The number of hydrogen-bond acceptors (Lipinski definition) is 5. The molecule has 112 valence electrons. The van der Waals surface area contributed by atoms with Crippen LogP contribution in [0.25, 0.3) is 11.3 Å². The van der Waals surface area contributed by atoms with Gasteiger partial charge in [-0.25, -0.2) is 4.98 Å². The van der Waals surface area contributed by atoms with Crippen LogP contribution in [0.15, 0.2) is 46.3 Å². The molecule has 0 spiro atoms. The van der Waals surface area contributed by atoms with Crippen molar-refractivity contribution in [1.82, 2.24) is 15.0 Å². The van der Waals surface area contributed by atoms with Crippen LogP contribution in [-0.2, 0) is 6.54 Å². The summed E-state index contributed by atoms with van der Waals surface area (Å²) in [5.41, 5.74) is 2.45. The Balaban J connectivity index is 1.74. The van der Waals surface area contributed by atoms with Crippen molar-refractivity contribution in [1.29, 1.82) is 0 Å². The van der Waals surface area contributed by atoms with Gasteiger partial charge in [0.25, 0.3) is 5.91 Å². The number of rotatable bonds is 4. The van der Waals surface area contributed by atoms with Crippen LogP contribution in [0.2, 0.25) is 0 Å². The molecule has 0 unspecified atom stereocenters. The van der Waals surface area contributed by atoms with Crippen molar-refractivity contribution in [2.24, 2.45) is 0 Å². The fraction of sp³-hybridized carbons (Fsp3) is 0.188. The number of thiazole rings is 1. The van der Waals surface area contributed by atoms with E-state index in [0.29, 0.717) is 12.2 Å². The van der Waals surface area contributed by atoms with E-state index in [4.69, 9.17) is 4.52 Å². The van der Waals surface area contributed by atoms with Crippen molar-refractivity contribution < 1.29 is 9.32 Å². The average Bonchev–Trinajstić information content (AvgIpc) is 3.17. The molecule has 0 aliphatic rings. The zero-order valence-corrected chi connectivity index (χ0v) is 13.1. The molecule has 0 saturated carbocycles. The molecule has 3 rings (SSSR count). The van der Waals surface area contributed by atoms with Gasteiger partial charge >= 0.3 is 0 Å². The molecule has 0 radical (unpaired) electrons. The Morgan fingerprint density at radius 2 is 2.09 bits per heavy atom. The van der Waals surface area contributed by atoms with Gasteiger partial charge in [-0.15, -0.1) is 11.3 Å². The van der Waals surface area contributed by atoms with Crippen molar-refractivity contribution in [3.05, 3.63) is 58.2 Å². The van der Waals surface area contributed by atoms with Crippen LogP contribution in [0.5, 0.6) is 0 Å². The molecule has 0 bridgehead atoms. The number of amides is 1. The lowest BCUT2D eigenvalue weighted by molar-refractivity contribution is 0.0742. The highest BCUT2D eigenvalue weighted by atomic mass is 32.1. The van der Waals surface area contributed by atoms with Crippen molar-refractivity contribution >= 4 is 17.2 Å². The molecular formula is C16H15N3O2S. The smallest absolute Gasteiger partial charge is 0.292 e. The van der Waals surface area contributed by atoms with Gasteiger partial charge in [-0.2, -0.15) is 0 Å². The van der Waals surface area contributed by atoms with E-state index in [9.17, 15) is 4.79 Å². The summed E-state index contributed by atoms with van der Waals surface area (Å²) in [5, 5.41) is 6.91. The van der Waals surface area contributed by atoms with Gasteiger partial charge in [-0.1, -0.05) is 35.5 Å². The second-order valence-electron chi connectivity index (χ2n) is 4.96. The van der Waals surface area contributed by atoms with Gasteiger partial charge in [-0.3, -0.25) is 4.79 Å². The van der Waals surface area contributed by atoms with Gasteiger partial charge in [0, 0.05) is 24.1 Å². The first-order valence-corrected chi connectivity index (χ1v) is 7.70. The minimum atomic E-state index is -0.208. The lowest BCUT2D eigenvalue weighted by Gasteiger charge is -2.13. The molecule has 2 heterocycles. The lowest BCUT2D eigenvalue weighted by Crippen LogP contribution is -2.25. The van der Waals surface area contributed by atoms with Crippen LogP contribution < -0.4 is 0 Å². The number of carbonyl (C=O) groups excluding carboxylic acids is 1. The monoisotopic (exact) mass is 313 g/mol. The number of benzene rings is 1. The maximum Gasteiger partial charge on any atom is 0.292 e. The van der Waals surface area contributed by atoms with E-state index in [1.807, 2.05) is 42.6 Å². The minimum absolute atomic E-state index is 0.208. The van der Waals surface area contributed by atoms with E-state index in [0.717, 1.165) is 16.3 Å². The molecule has 3 aromatic rings. The van der Waals surface area contributed by atoms with Gasteiger partial charge in [0.05, 0.1) is 17.2 Å². The van der Waals surface area contributed by atoms with E-state index in [-0.39, 0.29) is 11.7 Å². The van der Waals surface area contributed by atoms with Crippen LogP contribution in [0.4, 0.5) is 0 Å². The molecule has 0 aliphatic heterocycles. The molecule has 5 nitrogen and oxygen atoms in total. The normalized spacial score (nSPS) is 10.6. The second-order valence-corrected chi connectivity index (χ2v) is 6.02. The van der Waals surface area contributed by atoms with Crippen molar-refractivity contribution in [3.63, 3.8) is 0 Å². The van der Waals surface area contributed by atoms with Crippen LogP contribution in [-0.4, -0.2) is 28.0 Å². The number of nitrogens with zero attached hydrogens (tertiary/aromatic N) is 3. The summed E-state index contributed by atoms with van der Waals surface area (Å²) in [4.78, 5) is 18.3. The summed E-state index contributed by atoms with van der Waals surface area (Å²) in [6, 6.07) is 11.3. The first kappa shape index (κ1) is 14.5. The van der Waals surface area contributed by atoms with E-state index in [2.05, 4.69) is 10.1 Å². The fourth-order valence-corrected chi connectivity index (χ4v) is 2.71. The fourth-order valence-electron chi connectivity index (χ4n) is 2.10. The van der Waals surface area contributed by atoms with Crippen LogP contribution in [0.3, 0.4) is 0 Å². The molecule has 1 aromatic carbocycles. The molecule has 0 atom stereocenters. The molecule has 2 aromatic heterocycles. The van der Waals surface area contributed by atoms with Crippen LogP contribution in [0, 0.1) is 6.92 Å². The zero-order chi connectivity index (χ0) is 15.5. The Morgan fingerprint density at radius 1 is 1.32 bits per heavy atom. The van der Waals surface area contributed by atoms with E-state index >= 15 is 0 Å². The number of hydrogen-bond donors (Lipinski definition) is 0. The van der Waals surface area contributed by atoms with Crippen LogP contribution in [0.1, 0.15) is 21.3 Å². The van der Waals surface area contributed by atoms with Crippen LogP contribution >= 0.6 is 11.3 Å². The van der Waals surface area contributed by atoms with E-state index < -0.39 is 0 Å². The maximum atomic E-state index is 12.4. The van der Waals surface area contributed by atoms with Gasteiger partial charge < -0.3 is 9.42 Å². The van der Waals surface area contributed by atoms with Crippen molar-refractivity contribution in [2.75, 3.05) is 7.05 Å². The predicted octanol–water partition coefficient (Wildman–Crippen LogP) is 3.38. The van der Waals surface area contributed by atoms with E-state index in [1.54, 1.807) is 29.4 Å². The molecular weight excluding hydrogens is 298 g/mol. The molecule has 0 aliphatic carbocycles. The third-order valence-electron chi connectivity index (χ3n) is 3.20. The highest BCUT2D eigenvalue weighted by Gasteiger charge is 2.19. The largest absolute Gasteiger partial charge is 0.350 e. The Morgan fingerprint density at radius 3 is 2.77 bits per heavy atom. The molecule has 0 N–H and O–H groups in total. The summed E-state index contributed by atoms with van der Waals surface area (Å²) in [6.07, 6.45) is 0. The Bertz CT molecular complexity index is 780. The number of aryl methyl sites for hydroxylation is 1. The first-order valence-electron chi connectivity index (χ1n) is 6.82. The van der Waals surface area contributed by atoms with Gasteiger partial charge in [-0.05, 0) is 6.92 Å². The highest BCUT2D eigenvalue weighted by molar-refractivity contribution is 7.09. The summed E-state index contributed by atoms with van der Waals surface area (Å²) >= 11 is 1.57. The second kappa shape index (κ2) is 6.11. The van der Waals surface area contributed by atoms with Gasteiger partial charge in [0.15, 0.2) is 0 Å². The minimum Gasteiger partial charge on any atom is -0.350 e. The molecule has 22 heavy (non-hydrogen) atoms. The summed E-state index contributed by atoms with van der Waals surface area (Å²) in [5.74, 6) is 0.0219. The number of aromatic nitrogens is 2. The zero-order valence-electron chi connectivity index (χ0n) is 12.3. The standard InChI is InChI=1S/C16H15N3O2S/c1-11-17-13(10-22-11)9-19(2)16(20)15-8-14(18-21-15)12-6-4-3-5-7-12/h3-8,10H,9H2,1-2H3. The summed E-state index contributed by atoms with van der Waals surface area (Å²) in [6.45, 7) is 2.39. The Hall–Kier alpha value is -2.47. The Labute approximate surface area is 132 Å². The van der Waals surface area contributed by atoms with Crippen molar-refractivity contribution in [3.8, 4) is 11.3 Å². The quantitative estimate of drug-likeness (QED) is 0.741. The average molecular weight is 313 g/mol. The molecule has 0 fully saturated rings. The third kappa shape index (κ3) is 3.07. The third-order valence-corrected chi connectivity index (χ3v) is 4.03. The summed E-state index contributed by atoms with van der Waals surface area (Å²) in [7, 11) is 1.72. The van der Waals surface area contributed by atoms with Crippen molar-refractivity contribution in [2.45, 2.75) is 13.5 Å². The van der Waals surface area contributed by atoms with Gasteiger partial charge in [0.2, 0.25) is 5.76 Å². The lowest BCUT2D eigenvalue weighted by atomic mass is 10.1. The maximum absolute atomic E-state index is 12.4. The SMILES string of the molecule is Cc1nc(CN(C)C(=O)c2cc(-c3ccccc3)no2)cs1. The summed E-state index contributed by atoms with van der Waals surface area (Å²) < 4.78 is 5.19. The molecule has 0 saturated heterocycles. The first-order chi connectivity index (χ1) is 10.6. The predicted molar refractivity (Wildman–Crippen MR) is 84.6 cm³/mol.